The molecule has 0 aliphatic rings. The van der Waals surface area contributed by atoms with E-state index in [-0.39, 0.29) is 5.75 Å². The van der Waals surface area contributed by atoms with Crippen molar-refractivity contribution in [2.75, 3.05) is 30.1 Å². The Balaban J connectivity index is 2.82. The first-order valence-corrected chi connectivity index (χ1v) is 8.25. The molecule has 6 heteroatoms. The Morgan fingerprint density at radius 2 is 2.18 bits per heavy atom. The van der Waals surface area contributed by atoms with Gasteiger partial charge in [0.05, 0.1) is 17.0 Å². The highest BCUT2D eigenvalue weighted by atomic mass is 32.2. The molecule has 92 valence electrons. The van der Waals surface area contributed by atoms with Crippen molar-refractivity contribution in [1.29, 1.82) is 5.26 Å². The van der Waals surface area contributed by atoms with E-state index in [9.17, 15) is 8.42 Å². The van der Waals surface area contributed by atoms with Crippen LogP contribution in [0.5, 0.6) is 0 Å². The summed E-state index contributed by atoms with van der Waals surface area (Å²) in [5, 5.41) is 12.0. The van der Waals surface area contributed by atoms with Crippen molar-refractivity contribution in [3.05, 3.63) is 23.8 Å². The van der Waals surface area contributed by atoms with Crippen molar-refractivity contribution in [1.82, 2.24) is 0 Å². The zero-order chi connectivity index (χ0) is 12.9. The van der Waals surface area contributed by atoms with Gasteiger partial charge in [-0.05, 0) is 18.4 Å². The van der Waals surface area contributed by atoms with Gasteiger partial charge in [-0.25, -0.2) is 8.42 Å². The third-order valence-corrected chi connectivity index (χ3v) is 3.87. The number of anilines is 1. The summed E-state index contributed by atoms with van der Waals surface area (Å²) in [5.74, 6) is 0.0569. The molecule has 1 aromatic rings. The first-order valence-electron chi connectivity index (χ1n) is 4.96. The van der Waals surface area contributed by atoms with Crippen LogP contribution >= 0.6 is 11.8 Å². The Kier molecular flexibility index (Phi) is 4.85. The molecule has 4 nitrogen and oxygen atoms in total. The maximum atomic E-state index is 11.0. The van der Waals surface area contributed by atoms with Crippen LogP contribution in [0.25, 0.3) is 0 Å². The van der Waals surface area contributed by atoms with Crippen molar-refractivity contribution in [3.63, 3.8) is 0 Å². The second-order valence-electron chi connectivity index (χ2n) is 3.55. The molecule has 0 saturated heterocycles. The maximum absolute atomic E-state index is 11.0. The zero-order valence-electron chi connectivity index (χ0n) is 9.73. The molecule has 17 heavy (non-hydrogen) atoms. The fraction of sp³-hybridized carbons (Fsp3) is 0.364. The van der Waals surface area contributed by atoms with Gasteiger partial charge in [0.15, 0.2) is 0 Å². The van der Waals surface area contributed by atoms with Crippen LogP contribution in [-0.2, 0) is 9.84 Å². The molecule has 0 amide bonds. The normalized spacial score (nSPS) is 10.9. The molecule has 0 bridgehead atoms. The number of nitrogens with zero attached hydrogens (tertiary/aromatic N) is 1. The lowest BCUT2D eigenvalue weighted by Gasteiger charge is -2.09. The molecule has 0 aliphatic heterocycles. The topological polar surface area (TPSA) is 70.0 Å². The lowest BCUT2D eigenvalue weighted by Crippen LogP contribution is -2.14. The number of thioether (sulfide) groups is 1. The molecule has 1 rings (SSSR count). The van der Waals surface area contributed by atoms with Crippen LogP contribution in [-0.4, -0.2) is 33.2 Å². The Bertz CT molecular complexity index is 533. The van der Waals surface area contributed by atoms with Crippen LogP contribution in [0, 0.1) is 11.3 Å². The molecule has 0 unspecified atom stereocenters. The van der Waals surface area contributed by atoms with E-state index < -0.39 is 9.84 Å². The zero-order valence-corrected chi connectivity index (χ0v) is 11.4. The minimum Gasteiger partial charge on any atom is -0.383 e. The number of sulfone groups is 1. The first kappa shape index (κ1) is 13.9. The predicted molar refractivity (Wildman–Crippen MR) is 71.1 cm³/mol. The lowest BCUT2D eigenvalue weighted by atomic mass is 10.2. The van der Waals surface area contributed by atoms with Gasteiger partial charge in [0.2, 0.25) is 0 Å². The quantitative estimate of drug-likeness (QED) is 0.825. The third kappa shape index (κ3) is 4.29. The summed E-state index contributed by atoms with van der Waals surface area (Å²) in [4.78, 5) is 0.886. The standard InChI is InChI=1S/C11H14N2O2S2/c1-16-11-5-3-4-10(9(11)8-12)13-6-7-17(2,14)15/h3-5,13H,6-7H2,1-2H3. The van der Waals surface area contributed by atoms with Crippen molar-refractivity contribution < 1.29 is 8.42 Å². The summed E-state index contributed by atoms with van der Waals surface area (Å²) in [5.41, 5.74) is 1.25. The number of hydrogen-bond acceptors (Lipinski definition) is 5. The highest BCUT2D eigenvalue weighted by Gasteiger charge is 2.07. The minimum absolute atomic E-state index is 0.0569. The van der Waals surface area contributed by atoms with Crippen molar-refractivity contribution in [2.45, 2.75) is 4.90 Å². The van der Waals surface area contributed by atoms with E-state index in [4.69, 9.17) is 5.26 Å². The Morgan fingerprint density at radius 3 is 2.71 bits per heavy atom. The fourth-order valence-electron chi connectivity index (χ4n) is 1.33. The number of nitrogens with one attached hydrogen (secondary N) is 1. The SMILES string of the molecule is CSc1cccc(NCCS(C)(=O)=O)c1C#N. The van der Waals surface area contributed by atoms with Gasteiger partial charge in [0.25, 0.3) is 0 Å². The molecule has 0 fully saturated rings. The molecular formula is C11H14N2O2S2. The third-order valence-electron chi connectivity index (χ3n) is 2.15. The smallest absolute Gasteiger partial charge is 0.149 e. The highest BCUT2D eigenvalue weighted by Crippen LogP contribution is 2.25. The average Bonchev–Trinajstić information content (AvgIpc) is 2.27. The Morgan fingerprint density at radius 1 is 1.47 bits per heavy atom. The van der Waals surface area contributed by atoms with Crippen molar-refractivity contribution in [2.24, 2.45) is 0 Å². The van der Waals surface area contributed by atoms with Crippen LogP contribution in [0.15, 0.2) is 23.1 Å². The van der Waals surface area contributed by atoms with Gasteiger partial charge in [0, 0.05) is 17.7 Å². The van der Waals surface area contributed by atoms with Gasteiger partial charge in [-0.1, -0.05) is 6.07 Å². The monoisotopic (exact) mass is 270 g/mol. The van der Waals surface area contributed by atoms with Gasteiger partial charge in [-0.2, -0.15) is 5.26 Å². The number of hydrogen-bond donors (Lipinski definition) is 1. The summed E-state index contributed by atoms with van der Waals surface area (Å²) in [6.45, 7) is 0.311. The molecule has 1 N–H and O–H groups in total. The van der Waals surface area contributed by atoms with Gasteiger partial charge in [-0.3, -0.25) is 0 Å². The molecular weight excluding hydrogens is 256 g/mol. The van der Waals surface area contributed by atoms with Crippen LogP contribution in [0.1, 0.15) is 5.56 Å². The highest BCUT2D eigenvalue weighted by molar-refractivity contribution is 7.98. The minimum atomic E-state index is -2.98. The van der Waals surface area contributed by atoms with Crippen molar-refractivity contribution >= 4 is 27.3 Å². The van der Waals surface area contributed by atoms with E-state index in [1.165, 1.54) is 18.0 Å². The molecule has 0 heterocycles. The van der Waals surface area contributed by atoms with Crippen LogP contribution in [0.2, 0.25) is 0 Å². The number of benzene rings is 1. The molecule has 0 atom stereocenters. The summed E-state index contributed by atoms with van der Waals surface area (Å²) in [6, 6.07) is 7.62. The fourth-order valence-corrected chi connectivity index (χ4v) is 2.38. The predicted octanol–water partition coefficient (Wildman–Crippen LogP) is 1.74. The molecule has 1 aromatic carbocycles. The number of rotatable bonds is 5. The van der Waals surface area contributed by atoms with Crippen LogP contribution in [0.3, 0.4) is 0 Å². The van der Waals surface area contributed by atoms with Crippen LogP contribution < -0.4 is 5.32 Å². The Labute approximate surface area is 106 Å². The largest absolute Gasteiger partial charge is 0.383 e. The Hall–Kier alpha value is -1.19. The van der Waals surface area contributed by atoms with E-state index in [2.05, 4.69) is 11.4 Å². The second-order valence-corrected chi connectivity index (χ2v) is 6.66. The van der Waals surface area contributed by atoms with Gasteiger partial charge >= 0.3 is 0 Å². The van der Waals surface area contributed by atoms with E-state index in [0.29, 0.717) is 17.8 Å². The van der Waals surface area contributed by atoms with Crippen molar-refractivity contribution in [3.8, 4) is 6.07 Å². The average molecular weight is 270 g/mol. The van der Waals surface area contributed by atoms with E-state index >= 15 is 0 Å². The summed E-state index contributed by atoms with van der Waals surface area (Å²) >= 11 is 1.49. The lowest BCUT2D eigenvalue weighted by molar-refractivity contribution is 0.602. The van der Waals surface area contributed by atoms with E-state index in [1.54, 1.807) is 6.07 Å². The van der Waals surface area contributed by atoms with Gasteiger partial charge in [0.1, 0.15) is 15.9 Å². The summed E-state index contributed by atoms with van der Waals surface area (Å²) in [7, 11) is -2.98. The molecule has 0 aliphatic carbocycles. The molecule has 0 spiro atoms. The first-order chi connectivity index (χ1) is 7.98. The van der Waals surface area contributed by atoms with Gasteiger partial charge in [-0.15, -0.1) is 11.8 Å². The molecule has 0 radical (unpaired) electrons. The maximum Gasteiger partial charge on any atom is 0.149 e. The second kappa shape index (κ2) is 5.94. The number of nitriles is 1. The van der Waals surface area contributed by atoms with Gasteiger partial charge < -0.3 is 5.32 Å². The summed E-state index contributed by atoms with van der Waals surface area (Å²) in [6.07, 6.45) is 3.09. The van der Waals surface area contributed by atoms with E-state index in [0.717, 1.165) is 4.90 Å². The molecule has 0 saturated carbocycles. The van der Waals surface area contributed by atoms with Crippen LogP contribution in [0.4, 0.5) is 5.69 Å². The molecule has 0 aromatic heterocycles. The van der Waals surface area contributed by atoms with E-state index in [1.807, 2.05) is 18.4 Å². The summed E-state index contributed by atoms with van der Waals surface area (Å²) < 4.78 is 22.0.